The van der Waals surface area contributed by atoms with Gasteiger partial charge in [0.25, 0.3) is 11.5 Å². The summed E-state index contributed by atoms with van der Waals surface area (Å²) >= 11 is 4.33. The number of aryl methyl sites for hydroxylation is 2. The van der Waals surface area contributed by atoms with Gasteiger partial charge in [0, 0.05) is 15.7 Å². The van der Waals surface area contributed by atoms with Gasteiger partial charge in [-0.3, -0.25) is 19.4 Å². The van der Waals surface area contributed by atoms with Gasteiger partial charge < -0.3 is 16.4 Å². The molecule has 0 saturated heterocycles. The van der Waals surface area contributed by atoms with Gasteiger partial charge in [-0.25, -0.2) is 4.98 Å². The second-order valence-corrected chi connectivity index (χ2v) is 8.63. The normalized spacial score (nSPS) is 10.5. The third-order valence-electron chi connectivity index (χ3n) is 4.28. The van der Waals surface area contributed by atoms with Crippen LogP contribution in [0.3, 0.4) is 0 Å². The average Bonchev–Trinajstić information content (AvgIpc) is 2.72. The number of aromatic nitrogens is 2. The molecule has 160 valence electrons. The number of hydrogen-bond acceptors (Lipinski definition) is 6. The number of nitrogens with two attached hydrogens (primary N) is 1. The molecule has 0 unspecified atom stereocenters. The van der Waals surface area contributed by atoms with Crippen LogP contribution in [-0.2, 0) is 4.79 Å². The smallest absolute Gasteiger partial charge is 0.277 e. The summed E-state index contributed by atoms with van der Waals surface area (Å²) in [5.41, 5.74) is 8.21. The molecule has 0 aliphatic carbocycles. The maximum Gasteiger partial charge on any atom is 0.277 e. The first kappa shape index (κ1) is 22.6. The van der Waals surface area contributed by atoms with E-state index in [9.17, 15) is 14.4 Å². The monoisotopic (exact) mass is 501 g/mol. The molecule has 0 saturated carbocycles. The Kier molecular flexibility index (Phi) is 7.13. The van der Waals surface area contributed by atoms with Crippen molar-refractivity contribution in [2.24, 2.45) is 0 Å². The SMILES string of the molecule is Cc1ccc(C)c(NC(=O)CSc2nc(N)c(NC(=O)c3ccc(Br)cc3)c(=O)[nH]2)c1. The molecule has 3 rings (SSSR count). The molecule has 0 radical (unpaired) electrons. The molecule has 0 bridgehead atoms. The molecule has 31 heavy (non-hydrogen) atoms. The molecular weight excluding hydrogens is 482 g/mol. The minimum Gasteiger partial charge on any atom is -0.382 e. The number of nitrogens with zero attached hydrogens (tertiary/aromatic N) is 1. The zero-order valence-electron chi connectivity index (χ0n) is 16.8. The standard InChI is InChI=1S/C21H20BrN5O3S/c1-11-3-4-12(2)15(9-11)24-16(28)10-31-21-26-18(23)17(20(30)27-21)25-19(29)13-5-7-14(22)8-6-13/h3-9H,10H2,1-2H3,(H,24,28)(H,25,29)(H3,23,26,27,30). The number of amides is 2. The number of benzene rings is 2. The molecule has 8 nitrogen and oxygen atoms in total. The van der Waals surface area contributed by atoms with Gasteiger partial charge in [0.2, 0.25) is 5.91 Å². The van der Waals surface area contributed by atoms with E-state index in [4.69, 9.17) is 5.73 Å². The van der Waals surface area contributed by atoms with Gasteiger partial charge >= 0.3 is 0 Å². The van der Waals surface area contributed by atoms with Crippen molar-refractivity contribution in [1.82, 2.24) is 9.97 Å². The highest BCUT2D eigenvalue weighted by atomic mass is 79.9. The average molecular weight is 502 g/mol. The van der Waals surface area contributed by atoms with Gasteiger partial charge in [-0.05, 0) is 55.3 Å². The Hall–Kier alpha value is -3.11. The van der Waals surface area contributed by atoms with E-state index >= 15 is 0 Å². The van der Waals surface area contributed by atoms with Crippen LogP contribution in [0.25, 0.3) is 0 Å². The van der Waals surface area contributed by atoms with Gasteiger partial charge in [-0.2, -0.15) is 0 Å². The fourth-order valence-electron chi connectivity index (χ4n) is 2.64. The summed E-state index contributed by atoms with van der Waals surface area (Å²) in [6.45, 7) is 3.85. The van der Waals surface area contributed by atoms with Crippen molar-refractivity contribution in [1.29, 1.82) is 0 Å². The van der Waals surface area contributed by atoms with E-state index in [1.54, 1.807) is 24.3 Å². The quantitative estimate of drug-likeness (QED) is 0.300. The highest BCUT2D eigenvalue weighted by molar-refractivity contribution is 9.10. The van der Waals surface area contributed by atoms with Crippen LogP contribution in [0.15, 0.2) is 56.9 Å². The predicted molar refractivity (Wildman–Crippen MR) is 127 cm³/mol. The number of nitrogen functional groups attached to an aromatic ring is 1. The molecule has 0 aliphatic rings. The molecule has 5 N–H and O–H groups in total. The number of rotatable bonds is 6. The Labute approximate surface area is 191 Å². The Morgan fingerprint density at radius 3 is 2.52 bits per heavy atom. The van der Waals surface area contributed by atoms with Crippen LogP contribution in [0.5, 0.6) is 0 Å². The highest BCUT2D eigenvalue weighted by Crippen LogP contribution is 2.20. The van der Waals surface area contributed by atoms with Crippen LogP contribution in [0.1, 0.15) is 21.5 Å². The molecule has 1 aromatic heterocycles. The minimum absolute atomic E-state index is 0.0281. The number of carbonyl (C=O) groups excluding carboxylic acids is 2. The van der Waals surface area contributed by atoms with Crippen LogP contribution in [0, 0.1) is 13.8 Å². The molecule has 1 heterocycles. The fraction of sp³-hybridized carbons (Fsp3) is 0.143. The number of hydrogen-bond donors (Lipinski definition) is 4. The molecule has 0 fully saturated rings. The summed E-state index contributed by atoms with van der Waals surface area (Å²) in [6.07, 6.45) is 0. The van der Waals surface area contributed by atoms with E-state index in [1.807, 2.05) is 32.0 Å². The first-order chi connectivity index (χ1) is 14.7. The topological polar surface area (TPSA) is 130 Å². The Morgan fingerprint density at radius 1 is 1.13 bits per heavy atom. The van der Waals surface area contributed by atoms with E-state index in [2.05, 4.69) is 36.5 Å². The van der Waals surface area contributed by atoms with Crippen molar-refractivity contribution >= 4 is 56.7 Å². The van der Waals surface area contributed by atoms with Gasteiger partial charge in [0.15, 0.2) is 11.0 Å². The van der Waals surface area contributed by atoms with Crippen molar-refractivity contribution < 1.29 is 9.59 Å². The van der Waals surface area contributed by atoms with Crippen LogP contribution in [-0.4, -0.2) is 27.5 Å². The van der Waals surface area contributed by atoms with Crippen molar-refractivity contribution in [3.63, 3.8) is 0 Å². The third kappa shape index (κ3) is 5.96. The van der Waals surface area contributed by atoms with Crippen LogP contribution in [0.4, 0.5) is 17.2 Å². The fourth-order valence-corrected chi connectivity index (χ4v) is 3.57. The summed E-state index contributed by atoms with van der Waals surface area (Å²) in [5, 5.41) is 5.50. The Bertz CT molecular complexity index is 1190. The van der Waals surface area contributed by atoms with Crippen LogP contribution >= 0.6 is 27.7 Å². The lowest BCUT2D eigenvalue weighted by molar-refractivity contribution is -0.113. The lowest BCUT2D eigenvalue weighted by atomic mass is 10.1. The first-order valence-corrected chi connectivity index (χ1v) is 11.0. The summed E-state index contributed by atoms with van der Waals surface area (Å²) in [5.74, 6) is -0.834. The maximum absolute atomic E-state index is 12.4. The highest BCUT2D eigenvalue weighted by Gasteiger charge is 2.15. The van der Waals surface area contributed by atoms with E-state index in [0.717, 1.165) is 33.0 Å². The van der Waals surface area contributed by atoms with E-state index < -0.39 is 11.5 Å². The van der Waals surface area contributed by atoms with Crippen molar-refractivity contribution in [3.8, 4) is 0 Å². The van der Waals surface area contributed by atoms with Crippen molar-refractivity contribution in [3.05, 3.63) is 74.0 Å². The second kappa shape index (κ2) is 9.80. The summed E-state index contributed by atoms with van der Waals surface area (Å²) in [7, 11) is 0. The molecule has 2 aromatic carbocycles. The molecule has 10 heteroatoms. The molecule has 0 aliphatic heterocycles. The van der Waals surface area contributed by atoms with Crippen LogP contribution < -0.4 is 21.9 Å². The summed E-state index contributed by atoms with van der Waals surface area (Å²) in [4.78, 5) is 43.6. The molecule has 2 amide bonds. The lowest BCUT2D eigenvalue weighted by Gasteiger charge is -2.10. The number of thioether (sulfide) groups is 1. The number of carbonyl (C=O) groups is 2. The number of nitrogens with one attached hydrogen (secondary N) is 3. The Morgan fingerprint density at radius 2 is 1.84 bits per heavy atom. The van der Waals surface area contributed by atoms with Crippen molar-refractivity contribution in [2.75, 3.05) is 22.1 Å². The number of H-pyrrole nitrogens is 1. The van der Waals surface area contributed by atoms with E-state index in [0.29, 0.717) is 5.56 Å². The number of aromatic amines is 1. The number of anilines is 3. The predicted octanol–water partition coefficient (Wildman–Crippen LogP) is 3.71. The third-order valence-corrected chi connectivity index (χ3v) is 5.68. The molecular formula is C21H20BrN5O3S. The van der Waals surface area contributed by atoms with E-state index in [-0.39, 0.29) is 28.3 Å². The number of halogens is 1. The Balaban J connectivity index is 1.65. The largest absolute Gasteiger partial charge is 0.382 e. The molecule has 3 aromatic rings. The van der Waals surface area contributed by atoms with Crippen LogP contribution in [0.2, 0.25) is 0 Å². The summed E-state index contributed by atoms with van der Waals surface area (Å²) in [6, 6.07) is 12.4. The lowest BCUT2D eigenvalue weighted by Crippen LogP contribution is -2.23. The van der Waals surface area contributed by atoms with Crippen molar-refractivity contribution in [2.45, 2.75) is 19.0 Å². The summed E-state index contributed by atoms with van der Waals surface area (Å²) < 4.78 is 0.825. The zero-order valence-corrected chi connectivity index (χ0v) is 19.2. The van der Waals surface area contributed by atoms with E-state index in [1.165, 1.54) is 0 Å². The van der Waals surface area contributed by atoms with Gasteiger partial charge in [-0.15, -0.1) is 0 Å². The first-order valence-electron chi connectivity index (χ1n) is 9.19. The maximum atomic E-state index is 12.4. The van der Waals surface area contributed by atoms with Gasteiger partial charge in [-0.1, -0.05) is 39.8 Å². The minimum atomic E-state index is -0.601. The van der Waals surface area contributed by atoms with Gasteiger partial charge in [0.05, 0.1) is 5.75 Å². The second-order valence-electron chi connectivity index (χ2n) is 6.75. The zero-order chi connectivity index (χ0) is 22.5. The molecule has 0 atom stereocenters. The van der Waals surface area contributed by atoms with Gasteiger partial charge in [0.1, 0.15) is 5.69 Å². The molecule has 0 spiro atoms.